The topological polar surface area (TPSA) is 88.3 Å². The Hall–Kier alpha value is -3.00. The van der Waals surface area contributed by atoms with Crippen molar-refractivity contribution in [2.75, 3.05) is 4.90 Å². The fourth-order valence-electron chi connectivity index (χ4n) is 2.73. The van der Waals surface area contributed by atoms with E-state index < -0.39 is 17.5 Å². The van der Waals surface area contributed by atoms with Crippen LogP contribution >= 0.6 is 11.5 Å². The van der Waals surface area contributed by atoms with Gasteiger partial charge in [-0.2, -0.15) is 0 Å². The number of rotatable bonds is 5. The Bertz CT molecular complexity index is 929. The number of aryl methyl sites for hydroxylation is 1. The van der Waals surface area contributed by atoms with Crippen LogP contribution in [0.5, 0.6) is 0 Å². The van der Waals surface area contributed by atoms with E-state index in [2.05, 4.69) is 14.9 Å². The smallest absolute Gasteiger partial charge is 0.280 e. The average molecular weight is 398 g/mol. The first-order valence-electron chi connectivity index (χ1n) is 8.79. The first-order valence-corrected chi connectivity index (χ1v) is 9.62. The summed E-state index contributed by atoms with van der Waals surface area (Å²) in [6.07, 6.45) is 1.48. The number of amides is 2. The average Bonchev–Trinajstić information content (AvgIpc) is 3.32. The van der Waals surface area contributed by atoms with E-state index in [9.17, 15) is 9.59 Å². The molecule has 3 aromatic rings. The Labute approximate surface area is 167 Å². The van der Waals surface area contributed by atoms with Crippen LogP contribution in [0.2, 0.25) is 0 Å². The third-order valence-corrected chi connectivity index (χ3v) is 4.43. The summed E-state index contributed by atoms with van der Waals surface area (Å²) in [7, 11) is 0. The summed E-state index contributed by atoms with van der Waals surface area (Å²) in [6, 6.07) is 9.74. The van der Waals surface area contributed by atoms with E-state index in [-0.39, 0.29) is 11.6 Å². The largest absolute Gasteiger partial charge is 0.467 e. The molecular weight excluding hydrogens is 376 g/mol. The highest BCUT2D eigenvalue weighted by atomic mass is 32.1. The van der Waals surface area contributed by atoms with Gasteiger partial charge in [0.1, 0.15) is 5.76 Å². The molecule has 2 amide bonds. The number of carbonyl (C=O) groups is 2. The minimum atomic E-state index is -0.994. The fraction of sp³-hybridized carbons (Fsp3) is 0.300. The summed E-state index contributed by atoms with van der Waals surface area (Å²) in [6.45, 7) is 7.60. The van der Waals surface area contributed by atoms with Crippen molar-refractivity contribution in [3.8, 4) is 0 Å². The maximum Gasteiger partial charge on any atom is 0.280 e. The minimum absolute atomic E-state index is 0.172. The van der Waals surface area contributed by atoms with Crippen molar-refractivity contribution in [2.24, 2.45) is 0 Å². The van der Waals surface area contributed by atoms with Gasteiger partial charge in [0, 0.05) is 16.6 Å². The normalized spacial score (nSPS) is 12.4. The molecule has 1 aromatic carbocycles. The van der Waals surface area contributed by atoms with Gasteiger partial charge in [0.15, 0.2) is 11.7 Å². The van der Waals surface area contributed by atoms with Crippen LogP contribution in [0.1, 0.15) is 48.6 Å². The highest BCUT2D eigenvalue weighted by Crippen LogP contribution is 2.30. The molecule has 0 aliphatic heterocycles. The van der Waals surface area contributed by atoms with Gasteiger partial charge in [-0.15, -0.1) is 5.10 Å². The van der Waals surface area contributed by atoms with E-state index in [1.807, 2.05) is 39.8 Å². The van der Waals surface area contributed by atoms with Crippen LogP contribution in [0.25, 0.3) is 0 Å². The van der Waals surface area contributed by atoms with Gasteiger partial charge < -0.3 is 9.73 Å². The highest BCUT2D eigenvalue weighted by Gasteiger charge is 2.37. The van der Waals surface area contributed by atoms with Crippen molar-refractivity contribution in [3.05, 3.63) is 65.1 Å². The summed E-state index contributed by atoms with van der Waals surface area (Å²) in [5, 5.41) is 8.40. The monoisotopic (exact) mass is 398 g/mol. The number of benzene rings is 1. The van der Waals surface area contributed by atoms with E-state index in [4.69, 9.17) is 4.42 Å². The van der Waals surface area contributed by atoms with Crippen molar-refractivity contribution < 1.29 is 14.0 Å². The van der Waals surface area contributed by atoms with E-state index in [1.165, 1.54) is 11.2 Å². The van der Waals surface area contributed by atoms with Gasteiger partial charge in [-0.1, -0.05) is 22.2 Å². The fourth-order valence-corrected chi connectivity index (χ4v) is 3.16. The molecule has 28 heavy (non-hydrogen) atoms. The van der Waals surface area contributed by atoms with Gasteiger partial charge in [0.25, 0.3) is 11.8 Å². The van der Waals surface area contributed by atoms with Crippen LogP contribution < -0.4 is 10.2 Å². The summed E-state index contributed by atoms with van der Waals surface area (Å²) in [5.74, 6) is -0.415. The zero-order valence-electron chi connectivity index (χ0n) is 16.2. The van der Waals surface area contributed by atoms with Gasteiger partial charge in [0.05, 0.1) is 6.26 Å². The molecule has 0 fully saturated rings. The Balaban J connectivity index is 2.12. The Morgan fingerprint density at radius 1 is 1.18 bits per heavy atom. The second kappa shape index (κ2) is 7.93. The molecule has 1 atom stereocenters. The number of carbonyl (C=O) groups excluding carboxylic acids is 2. The van der Waals surface area contributed by atoms with Crippen LogP contribution in [-0.4, -0.2) is 26.9 Å². The molecule has 8 heteroatoms. The summed E-state index contributed by atoms with van der Waals surface area (Å²) in [4.78, 5) is 27.9. The van der Waals surface area contributed by atoms with Gasteiger partial charge in [-0.25, -0.2) is 0 Å². The molecule has 2 heterocycles. The number of hydrogen-bond donors (Lipinski definition) is 1. The Kier molecular flexibility index (Phi) is 5.60. The summed E-state index contributed by atoms with van der Waals surface area (Å²) >= 11 is 1.08. The zero-order chi connectivity index (χ0) is 20.3. The number of anilines is 1. The van der Waals surface area contributed by atoms with E-state index >= 15 is 0 Å². The van der Waals surface area contributed by atoms with Crippen molar-refractivity contribution in [3.63, 3.8) is 0 Å². The molecule has 0 radical (unpaired) electrons. The van der Waals surface area contributed by atoms with Gasteiger partial charge in [0.2, 0.25) is 0 Å². The van der Waals surface area contributed by atoms with Crippen molar-refractivity contribution in [1.82, 2.24) is 14.9 Å². The van der Waals surface area contributed by atoms with E-state index in [0.29, 0.717) is 11.4 Å². The van der Waals surface area contributed by atoms with Crippen LogP contribution in [0.15, 0.2) is 52.5 Å². The lowest BCUT2D eigenvalue weighted by Gasteiger charge is -2.32. The molecule has 0 aliphatic rings. The van der Waals surface area contributed by atoms with Gasteiger partial charge >= 0.3 is 0 Å². The van der Waals surface area contributed by atoms with Crippen LogP contribution in [0.4, 0.5) is 5.69 Å². The van der Waals surface area contributed by atoms with Gasteiger partial charge in [-0.05, 0) is 63.5 Å². The van der Waals surface area contributed by atoms with Crippen molar-refractivity contribution in [1.29, 1.82) is 0 Å². The number of hydrogen-bond acceptors (Lipinski definition) is 6. The van der Waals surface area contributed by atoms with Crippen LogP contribution in [-0.2, 0) is 4.79 Å². The van der Waals surface area contributed by atoms with Gasteiger partial charge in [-0.3, -0.25) is 14.5 Å². The van der Waals surface area contributed by atoms with E-state index in [0.717, 1.165) is 17.1 Å². The third kappa shape index (κ3) is 4.45. The molecule has 0 unspecified atom stereocenters. The Morgan fingerprint density at radius 2 is 1.89 bits per heavy atom. The molecule has 0 saturated carbocycles. The molecule has 0 spiro atoms. The second-order valence-corrected chi connectivity index (χ2v) is 8.07. The lowest BCUT2D eigenvalue weighted by molar-refractivity contribution is -0.124. The lowest BCUT2D eigenvalue weighted by atomic mass is 10.0. The number of nitrogens with zero attached hydrogens (tertiary/aromatic N) is 3. The van der Waals surface area contributed by atoms with Crippen LogP contribution in [0.3, 0.4) is 0 Å². The van der Waals surface area contributed by atoms with Crippen molar-refractivity contribution in [2.45, 2.75) is 39.3 Å². The zero-order valence-corrected chi connectivity index (χ0v) is 17.0. The first kappa shape index (κ1) is 19.8. The molecule has 3 rings (SSSR count). The standard InChI is InChI=1S/C20H22N4O3S/c1-13-7-9-14(10-8-13)24(19(26)15-12-28-23-22-15)17(16-6-5-11-27-16)18(25)21-20(2,3)4/h5-12,17H,1-4H3,(H,21,25)/t17-/m0/s1. The SMILES string of the molecule is Cc1ccc(N(C(=O)c2csnn2)[C@H](C(=O)NC(C)(C)C)c2ccco2)cc1. The second-order valence-electron chi connectivity index (χ2n) is 7.46. The summed E-state index contributed by atoms with van der Waals surface area (Å²) < 4.78 is 9.32. The number of nitrogens with one attached hydrogen (secondary N) is 1. The maximum atomic E-state index is 13.3. The maximum absolute atomic E-state index is 13.3. The molecule has 7 nitrogen and oxygen atoms in total. The molecule has 0 saturated heterocycles. The van der Waals surface area contributed by atoms with E-state index in [1.54, 1.807) is 29.6 Å². The lowest BCUT2D eigenvalue weighted by Crippen LogP contribution is -2.49. The predicted octanol–water partition coefficient (Wildman–Crippen LogP) is 3.74. The molecule has 1 N–H and O–H groups in total. The number of furan rings is 1. The predicted molar refractivity (Wildman–Crippen MR) is 107 cm³/mol. The molecule has 0 aliphatic carbocycles. The van der Waals surface area contributed by atoms with Crippen LogP contribution in [0, 0.1) is 6.92 Å². The summed E-state index contributed by atoms with van der Waals surface area (Å²) in [5.41, 5.74) is 1.30. The number of aromatic nitrogens is 2. The molecule has 146 valence electrons. The molecular formula is C20H22N4O3S. The molecule has 2 aromatic heterocycles. The highest BCUT2D eigenvalue weighted by molar-refractivity contribution is 7.03. The minimum Gasteiger partial charge on any atom is -0.467 e. The third-order valence-electron chi connectivity index (χ3n) is 3.93. The van der Waals surface area contributed by atoms with Crippen molar-refractivity contribution >= 4 is 29.0 Å². The molecule has 0 bridgehead atoms. The quantitative estimate of drug-likeness (QED) is 0.707. The Morgan fingerprint density at radius 3 is 2.43 bits per heavy atom. The first-order chi connectivity index (χ1) is 13.3.